The topological polar surface area (TPSA) is 66.9 Å². The number of hydrogen-bond acceptors (Lipinski definition) is 4. The summed E-state index contributed by atoms with van der Waals surface area (Å²) in [5, 5.41) is 6.33. The van der Waals surface area contributed by atoms with Crippen LogP contribution in [-0.2, 0) is 6.42 Å². The highest BCUT2D eigenvalue weighted by atomic mass is 16.1. The van der Waals surface area contributed by atoms with Gasteiger partial charge in [0.1, 0.15) is 5.69 Å². The van der Waals surface area contributed by atoms with E-state index in [-0.39, 0.29) is 5.91 Å². The number of amides is 1. The van der Waals surface area contributed by atoms with Gasteiger partial charge < -0.3 is 10.6 Å². The van der Waals surface area contributed by atoms with E-state index >= 15 is 0 Å². The molecule has 1 heterocycles. The number of carbonyl (C=O) groups excluding carboxylic acids is 1. The average molecular weight is 338 g/mol. The lowest BCUT2D eigenvalue weighted by atomic mass is 10.1. The van der Waals surface area contributed by atoms with Crippen LogP contribution < -0.4 is 10.6 Å². The molecule has 1 aliphatic carbocycles. The van der Waals surface area contributed by atoms with Crippen LogP contribution in [0.15, 0.2) is 42.6 Å². The van der Waals surface area contributed by atoms with Gasteiger partial charge in [0.2, 0.25) is 5.95 Å². The molecule has 0 unspecified atom stereocenters. The lowest BCUT2D eigenvalue weighted by Gasteiger charge is -2.16. The first kappa shape index (κ1) is 17.4. The first-order chi connectivity index (χ1) is 12.3. The molecule has 0 saturated heterocycles. The van der Waals surface area contributed by atoms with Gasteiger partial charge in [-0.15, -0.1) is 0 Å². The van der Waals surface area contributed by atoms with Crippen molar-refractivity contribution in [1.82, 2.24) is 15.3 Å². The van der Waals surface area contributed by atoms with Gasteiger partial charge in [-0.05, 0) is 30.9 Å². The predicted octanol–water partition coefficient (Wildman–Crippen LogP) is 3.58. The zero-order valence-electron chi connectivity index (χ0n) is 14.6. The maximum Gasteiger partial charge on any atom is 0.270 e. The largest absolute Gasteiger partial charge is 0.351 e. The van der Waals surface area contributed by atoms with Crippen molar-refractivity contribution in [3.8, 4) is 0 Å². The summed E-state index contributed by atoms with van der Waals surface area (Å²) in [5.74, 6) is 0.407. The van der Waals surface area contributed by atoms with Crippen LogP contribution in [0.25, 0.3) is 0 Å². The van der Waals surface area contributed by atoms with E-state index in [9.17, 15) is 4.79 Å². The van der Waals surface area contributed by atoms with Gasteiger partial charge in [0, 0.05) is 18.8 Å². The summed E-state index contributed by atoms with van der Waals surface area (Å²) in [4.78, 5) is 21.0. The van der Waals surface area contributed by atoms with E-state index in [0.717, 1.165) is 19.3 Å². The highest BCUT2D eigenvalue weighted by Crippen LogP contribution is 2.19. The Labute approximate surface area is 149 Å². The third-order valence-electron chi connectivity index (χ3n) is 4.62. The quantitative estimate of drug-likeness (QED) is 0.790. The number of benzene rings is 1. The van der Waals surface area contributed by atoms with Gasteiger partial charge in [0.05, 0.1) is 0 Å². The Balaban J connectivity index is 1.52. The van der Waals surface area contributed by atoms with Crippen molar-refractivity contribution >= 4 is 11.9 Å². The van der Waals surface area contributed by atoms with E-state index in [2.05, 4.69) is 32.7 Å². The minimum Gasteiger partial charge on any atom is -0.351 e. The minimum absolute atomic E-state index is 0.151. The summed E-state index contributed by atoms with van der Waals surface area (Å²) in [6.07, 6.45) is 9.87. The SMILES string of the molecule is O=C(NCCc1ccccc1)c1ccnc(NC2CCCCCC2)n1. The molecule has 1 fully saturated rings. The normalized spacial score (nSPS) is 15.4. The molecule has 1 amide bonds. The number of carbonyl (C=O) groups is 1. The molecule has 5 nitrogen and oxygen atoms in total. The second kappa shape index (κ2) is 9.16. The van der Waals surface area contributed by atoms with E-state index in [1.165, 1.54) is 31.2 Å². The first-order valence-electron chi connectivity index (χ1n) is 9.23. The van der Waals surface area contributed by atoms with Gasteiger partial charge in [-0.1, -0.05) is 56.0 Å². The maximum atomic E-state index is 12.3. The molecule has 0 spiro atoms. The number of nitrogens with zero attached hydrogens (tertiary/aromatic N) is 2. The number of rotatable bonds is 6. The van der Waals surface area contributed by atoms with Crippen molar-refractivity contribution in [2.24, 2.45) is 0 Å². The standard InChI is InChI=1S/C20H26N4O/c25-19(21-14-12-16-8-4-3-5-9-16)18-13-15-22-20(24-18)23-17-10-6-1-2-7-11-17/h3-5,8-9,13,15,17H,1-2,6-7,10-12,14H2,(H,21,25)(H,22,23,24). The van der Waals surface area contributed by atoms with E-state index in [0.29, 0.717) is 24.2 Å². The summed E-state index contributed by atoms with van der Waals surface area (Å²) in [6.45, 7) is 0.595. The Morgan fingerprint density at radius 3 is 2.56 bits per heavy atom. The van der Waals surface area contributed by atoms with Crippen LogP contribution in [0.4, 0.5) is 5.95 Å². The van der Waals surface area contributed by atoms with Gasteiger partial charge in [-0.25, -0.2) is 9.97 Å². The van der Waals surface area contributed by atoms with Crippen LogP contribution in [0.1, 0.15) is 54.6 Å². The zero-order valence-corrected chi connectivity index (χ0v) is 14.6. The molecule has 25 heavy (non-hydrogen) atoms. The van der Waals surface area contributed by atoms with Crippen molar-refractivity contribution in [1.29, 1.82) is 0 Å². The Kier molecular flexibility index (Phi) is 6.37. The van der Waals surface area contributed by atoms with Gasteiger partial charge in [0.25, 0.3) is 5.91 Å². The fourth-order valence-corrected chi connectivity index (χ4v) is 3.22. The minimum atomic E-state index is -0.151. The second-order valence-corrected chi connectivity index (χ2v) is 6.59. The molecule has 1 aromatic heterocycles. The highest BCUT2D eigenvalue weighted by molar-refractivity contribution is 5.92. The summed E-state index contributed by atoms with van der Waals surface area (Å²) in [7, 11) is 0. The number of nitrogens with one attached hydrogen (secondary N) is 2. The van der Waals surface area contributed by atoms with Crippen LogP contribution >= 0.6 is 0 Å². The molecule has 0 atom stereocenters. The molecule has 0 aliphatic heterocycles. The highest BCUT2D eigenvalue weighted by Gasteiger charge is 2.14. The molecular formula is C20H26N4O. The third-order valence-corrected chi connectivity index (χ3v) is 4.62. The predicted molar refractivity (Wildman–Crippen MR) is 99.6 cm³/mol. The summed E-state index contributed by atoms with van der Waals surface area (Å²) >= 11 is 0. The van der Waals surface area contributed by atoms with Crippen LogP contribution in [0.2, 0.25) is 0 Å². The maximum absolute atomic E-state index is 12.3. The van der Waals surface area contributed by atoms with Crippen molar-refractivity contribution in [2.45, 2.75) is 51.0 Å². The van der Waals surface area contributed by atoms with E-state index in [1.807, 2.05) is 18.2 Å². The van der Waals surface area contributed by atoms with E-state index in [1.54, 1.807) is 12.3 Å². The average Bonchev–Trinajstić information content (AvgIpc) is 2.91. The summed E-state index contributed by atoms with van der Waals surface area (Å²) in [5.41, 5.74) is 1.63. The molecule has 3 rings (SSSR count). The molecule has 2 aromatic rings. The Hall–Kier alpha value is -2.43. The molecule has 2 N–H and O–H groups in total. The van der Waals surface area contributed by atoms with Gasteiger partial charge in [-0.3, -0.25) is 4.79 Å². The summed E-state index contributed by atoms with van der Waals surface area (Å²) < 4.78 is 0. The van der Waals surface area contributed by atoms with Crippen molar-refractivity contribution < 1.29 is 4.79 Å². The van der Waals surface area contributed by atoms with Crippen LogP contribution in [0, 0.1) is 0 Å². The zero-order chi connectivity index (χ0) is 17.3. The van der Waals surface area contributed by atoms with Gasteiger partial charge in [0.15, 0.2) is 0 Å². The first-order valence-corrected chi connectivity index (χ1v) is 9.23. The summed E-state index contributed by atoms with van der Waals surface area (Å²) in [6, 6.07) is 12.2. The molecule has 1 aromatic carbocycles. The monoisotopic (exact) mass is 338 g/mol. The second-order valence-electron chi connectivity index (χ2n) is 6.59. The van der Waals surface area contributed by atoms with Crippen LogP contribution in [0.5, 0.6) is 0 Å². The van der Waals surface area contributed by atoms with Gasteiger partial charge >= 0.3 is 0 Å². The molecule has 0 radical (unpaired) electrons. The lowest BCUT2D eigenvalue weighted by molar-refractivity contribution is 0.0949. The molecule has 1 aliphatic rings. The Morgan fingerprint density at radius 2 is 1.80 bits per heavy atom. The van der Waals surface area contributed by atoms with Gasteiger partial charge in [-0.2, -0.15) is 0 Å². The van der Waals surface area contributed by atoms with E-state index in [4.69, 9.17) is 0 Å². The third kappa shape index (κ3) is 5.55. The Morgan fingerprint density at radius 1 is 1.04 bits per heavy atom. The smallest absolute Gasteiger partial charge is 0.270 e. The molecular weight excluding hydrogens is 312 g/mol. The molecule has 1 saturated carbocycles. The van der Waals surface area contributed by atoms with Crippen LogP contribution in [0.3, 0.4) is 0 Å². The molecule has 132 valence electrons. The fourth-order valence-electron chi connectivity index (χ4n) is 3.22. The van der Waals surface area contributed by atoms with Crippen molar-refractivity contribution in [3.05, 3.63) is 53.9 Å². The fraction of sp³-hybridized carbons (Fsp3) is 0.450. The van der Waals surface area contributed by atoms with Crippen molar-refractivity contribution in [3.63, 3.8) is 0 Å². The van der Waals surface area contributed by atoms with Crippen molar-refractivity contribution in [2.75, 3.05) is 11.9 Å². The number of aromatic nitrogens is 2. The molecule has 5 heteroatoms. The number of hydrogen-bond donors (Lipinski definition) is 2. The lowest BCUT2D eigenvalue weighted by Crippen LogP contribution is -2.27. The van der Waals surface area contributed by atoms with Crippen LogP contribution in [-0.4, -0.2) is 28.5 Å². The number of anilines is 1. The Bertz CT molecular complexity index is 666. The molecule has 0 bridgehead atoms. The van der Waals surface area contributed by atoms with E-state index < -0.39 is 0 Å².